The third kappa shape index (κ3) is 4.95. The first-order valence-corrected chi connectivity index (χ1v) is 11.0. The molecular formula is C22H24N2O5S. The van der Waals surface area contributed by atoms with Crippen molar-refractivity contribution in [3.63, 3.8) is 0 Å². The number of aryl methyl sites for hydroxylation is 1. The highest BCUT2D eigenvalue weighted by Crippen LogP contribution is 2.25. The number of esters is 1. The van der Waals surface area contributed by atoms with Crippen LogP contribution in [-0.2, 0) is 26.9 Å². The van der Waals surface area contributed by atoms with Crippen LogP contribution in [0.25, 0.3) is 11.5 Å². The number of carbonyl (C=O) groups excluding carboxylic acids is 1. The molecule has 3 rings (SSSR count). The van der Waals surface area contributed by atoms with Crippen LogP contribution >= 0.6 is 0 Å². The van der Waals surface area contributed by atoms with Crippen molar-refractivity contribution < 1.29 is 22.4 Å². The first kappa shape index (κ1) is 21.7. The molecule has 0 radical (unpaired) electrons. The van der Waals surface area contributed by atoms with Gasteiger partial charge in [0, 0.05) is 12.1 Å². The average molecular weight is 429 g/mol. The van der Waals surface area contributed by atoms with Gasteiger partial charge in [0.2, 0.25) is 5.89 Å². The number of nitrogens with zero attached hydrogens (tertiary/aromatic N) is 2. The summed E-state index contributed by atoms with van der Waals surface area (Å²) in [5.41, 5.74) is 2.45. The summed E-state index contributed by atoms with van der Waals surface area (Å²) in [7, 11) is 1.66. The zero-order chi connectivity index (χ0) is 21.9. The van der Waals surface area contributed by atoms with Crippen LogP contribution in [0.2, 0.25) is 0 Å². The van der Waals surface area contributed by atoms with Crippen molar-refractivity contribution in [1.82, 2.24) is 9.88 Å². The molecule has 0 aliphatic rings. The monoisotopic (exact) mass is 428 g/mol. The second-order valence-electron chi connectivity index (χ2n) is 7.23. The fraction of sp³-hybridized carbons (Fsp3) is 0.273. The molecule has 2 aromatic carbocycles. The summed E-state index contributed by atoms with van der Waals surface area (Å²) >= 11 is 0. The van der Waals surface area contributed by atoms with Gasteiger partial charge in [0.05, 0.1) is 23.3 Å². The molecular weight excluding hydrogens is 404 g/mol. The number of carbonyl (C=O) groups is 1. The Balaban J connectivity index is 1.80. The summed E-state index contributed by atoms with van der Waals surface area (Å²) in [6, 6.07) is 13.4. The average Bonchev–Trinajstić information content (AvgIpc) is 3.07. The lowest BCUT2D eigenvalue weighted by Crippen LogP contribution is -2.11. The van der Waals surface area contributed by atoms with Crippen molar-refractivity contribution in [2.24, 2.45) is 0 Å². The maximum absolute atomic E-state index is 12.8. The summed E-state index contributed by atoms with van der Waals surface area (Å²) in [4.78, 5) is 18.2. The molecule has 0 amide bonds. The topological polar surface area (TPSA) is 89.7 Å². The van der Waals surface area contributed by atoms with E-state index in [1.165, 1.54) is 7.11 Å². The summed E-state index contributed by atoms with van der Waals surface area (Å²) in [6.45, 7) is 2.42. The predicted octanol–water partition coefficient (Wildman–Crippen LogP) is 3.47. The maximum atomic E-state index is 12.8. The summed E-state index contributed by atoms with van der Waals surface area (Å²) in [5.74, 6) is 0.0501. The second kappa shape index (κ2) is 8.81. The molecule has 158 valence electrons. The van der Waals surface area contributed by atoms with Gasteiger partial charge < -0.3 is 14.1 Å². The predicted molar refractivity (Wildman–Crippen MR) is 113 cm³/mol. The fourth-order valence-corrected chi connectivity index (χ4v) is 4.33. The van der Waals surface area contributed by atoms with Crippen molar-refractivity contribution in [2.45, 2.75) is 24.1 Å². The lowest BCUT2D eigenvalue weighted by atomic mass is 10.1. The van der Waals surface area contributed by atoms with Gasteiger partial charge in [-0.2, -0.15) is 0 Å². The van der Waals surface area contributed by atoms with Crippen LogP contribution in [0.15, 0.2) is 57.8 Å². The van der Waals surface area contributed by atoms with Gasteiger partial charge in [-0.3, -0.25) is 0 Å². The van der Waals surface area contributed by atoms with Crippen LogP contribution in [0.1, 0.15) is 27.4 Å². The number of hydrogen-bond donors (Lipinski definition) is 0. The normalized spacial score (nSPS) is 11.6. The number of aromatic nitrogens is 1. The number of benzene rings is 2. The molecule has 1 aromatic heterocycles. The van der Waals surface area contributed by atoms with E-state index >= 15 is 0 Å². The van der Waals surface area contributed by atoms with Gasteiger partial charge in [0.15, 0.2) is 9.84 Å². The lowest BCUT2D eigenvalue weighted by molar-refractivity contribution is 0.0600. The number of hydrogen-bond acceptors (Lipinski definition) is 7. The highest BCUT2D eigenvalue weighted by Gasteiger charge is 2.21. The quantitative estimate of drug-likeness (QED) is 0.532. The number of rotatable bonds is 7. The molecule has 0 unspecified atom stereocenters. The summed E-state index contributed by atoms with van der Waals surface area (Å²) in [5, 5.41) is 0. The molecule has 0 saturated heterocycles. The minimum Gasteiger partial charge on any atom is -0.465 e. The van der Waals surface area contributed by atoms with Crippen molar-refractivity contribution in [3.05, 3.63) is 71.1 Å². The Morgan fingerprint density at radius 3 is 2.27 bits per heavy atom. The largest absolute Gasteiger partial charge is 0.465 e. The second-order valence-corrected chi connectivity index (χ2v) is 9.22. The van der Waals surface area contributed by atoms with Crippen molar-refractivity contribution in [1.29, 1.82) is 0 Å². The Kier molecular flexibility index (Phi) is 6.38. The minimum atomic E-state index is -3.57. The summed E-state index contributed by atoms with van der Waals surface area (Å²) < 4.78 is 36.0. The van der Waals surface area contributed by atoms with Crippen molar-refractivity contribution >= 4 is 15.8 Å². The van der Waals surface area contributed by atoms with Crippen LogP contribution in [-0.4, -0.2) is 45.5 Å². The Morgan fingerprint density at radius 2 is 1.70 bits per heavy atom. The number of ether oxygens (including phenoxy) is 1. The standard InChI is InChI=1S/C22H24N2O5S/c1-15-20(14-30(26,27)19-11-5-16(6-12-19)13-24(2)3)23-21(29-15)17-7-9-18(10-8-17)22(25)28-4/h5-12H,13-14H2,1-4H3. The van der Waals surface area contributed by atoms with E-state index in [4.69, 9.17) is 4.42 Å². The van der Waals surface area contributed by atoms with Gasteiger partial charge in [0.1, 0.15) is 11.5 Å². The van der Waals surface area contributed by atoms with E-state index in [1.54, 1.807) is 43.3 Å². The van der Waals surface area contributed by atoms with E-state index in [1.807, 2.05) is 31.1 Å². The van der Waals surface area contributed by atoms with Crippen LogP contribution in [0, 0.1) is 6.92 Å². The molecule has 7 nitrogen and oxygen atoms in total. The van der Waals surface area contributed by atoms with E-state index < -0.39 is 15.8 Å². The van der Waals surface area contributed by atoms with Crippen molar-refractivity contribution in [3.8, 4) is 11.5 Å². The Bertz CT molecular complexity index is 1130. The van der Waals surface area contributed by atoms with Gasteiger partial charge >= 0.3 is 5.97 Å². The lowest BCUT2D eigenvalue weighted by Gasteiger charge is -2.10. The van der Waals surface area contributed by atoms with E-state index in [9.17, 15) is 13.2 Å². The van der Waals surface area contributed by atoms with Gasteiger partial charge in [-0.1, -0.05) is 12.1 Å². The van der Waals surface area contributed by atoms with E-state index in [-0.39, 0.29) is 10.6 Å². The van der Waals surface area contributed by atoms with Crippen LogP contribution in [0.4, 0.5) is 0 Å². The van der Waals surface area contributed by atoms with Gasteiger partial charge in [-0.25, -0.2) is 18.2 Å². The molecule has 30 heavy (non-hydrogen) atoms. The zero-order valence-electron chi connectivity index (χ0n) is 17.4. The van der Waals surface area contributed by atoms with Crippen molar-refractivity contribution in [2.75, 3.05) is 21.2 Å². The molecule has 0 aliphatic carbocycles. The Hall–Kier alpha value is -2.97. The number of oxazole rings is 1. The number of sulfone groups is 1. The molecule has 0 bridgehead atoms. The third-order valence-corrected chi connectivity index (χ3v) is 6.20. The maximum Gasteiger partial charge on any atom is 0.337 e. The zero-order valence-corrected chi connectivity index (χ0v) is 18.2. The number of methoxy groups -OCH3 is 1. The Labute approximate surface area is 176 Å². The van der Waals surface area contributed by atoms with Gasteiger partial charge in [-0.15, -0.1) is 0 Å². The molecule has 0 saturated carbocycles. The van der Waals surface area contributed by atoms with Crippen LogP contribution in [0.3, 0.4) is 0 Å². The molecule has 0 aliphatic heterocycles. The highest BCUT2D eigenvalue weighted by molar-refractivity contribution is 7.90. The van der Waals surface area contributed by atoms with Gasteiger partial charge in [-0.05, 0) is 63.0 Å². The molecule has 0 atom stereocenters. The highest BCUT2D eigenvalue weighted by atomic mass is 32.2. The first-order chi connectivity index (χ1) is 14.2. The third-order valence-electron chi connectivity index (χ3n) is 4.55. The molecule has 0 fully saturated rings. The van der Waals surface area contributed by atoms with E-state index in [2.05, 4.69) is 9.72 Å². The molecule has 0 N–H and O–H groups in total. The Morgan fingerprint density at radius 1 is 1.07 bits per heavy atom. The molecule has 3 aromatic rings. The van der Waals surface area contributed by atoms with E-state index in [0.29, 0.717) is 28.5 Å². The SMILES string of the molecule is COC(=O)c1ccc(-c2nc(CS(=O)(=O)c3ccc(CN(C)C)cc3)c(C)o2)cc1. The molecule has 0 spiro atoms. The fourth-order valence-electron chi connectivity index (χ4n) is 2.98. The van der Waals surface area contributed by atoms with Crippen LogP contribution < -0.4 is 0 Å². The van der Waals surface area contributed by atoms with E-state index in [0.717, 1.165) is 12.1 Å². The minimum absolute atomic E-state index is 0.247. The molecule has 1 heterocycles. The van der Waals surface area contributed by atoms with Crippen LogP contribution in [0.5, 0.6) is 0 Å². The smallest absolute Gasteiger partial charge is 0.337 e. The first-order valence-electron chi connectivity index (χ1n) is 9.31. The summed E-state index contributed by atoms with van der Waals surface area (Å²) in [6.07, 6.45) is 0. The van der Waals surface area contributed by atoms with Gasteiger partial charge in [0.25, 0.3) is 0 Å². The molecule has 8 heteroatoms.